The van der Waals surface area contributed by atoms with Crippen molar-refractivity contribution >= 4 is 11.9 Å². The van der Waals surface area contributed by atoms with Gasteiger partial charge in [-0.25, -0.2) is 4.79 Å². The Bertz CT molecular complexity index is 884. The zero-order valence-corrected chi connectivity index (χ0v) is 21.3. The number of aliphatic hydroxyl groups is 5. The first-order valence-electron chi connectivity index (χ1n) is 13.0. The highest BCUT2D eigenvalue weighted by Crippen LogP contribution is 2.63. The van der Waals surface area contributed by atoms with Crippen LogP contribution in [0.4, 0.5) is 0 Å². The van der Waals surface area contributed by atoms with Crippen LogP contribution >= 0.6 is 0 Å². The van der Waals surface area contributed by atoms with E-state index in [4.69, 9.17) is 14.2 Å². The number of aliphatic hydroxyl groups excluding tert-OH is 4. The summed E-state index contributed by atoms with van der Waals surface area (Å²) >= 11 is 0. The lowest BCUT2D eigenvalue weighted by molar-refractivity contribution is -0.298. The van der Waals surface area contributed by atoms with Crippen molar-refractivity contribution in [3.8, 4) is 0 Å². The van der Waals surface area contributed by atoms with Gasteiger partial charge in [-0.1, -0.05) is 13.3 Å². The third-order valence-corrected chi connectivity index (χ3v) is 9.51. The van der Waals surface area contributed by atoms with Crippen LogP contribution in [-0.2, 0) is 23.8 Å². The molecule has 4 rings (SSSR count). The Balaban J connectivity index is 1.55. The molecule has 0 radical (unpaired) electrons. The smallest absolute Gasteiger partial charge is 0.334 e. The number of cyclic esters (lactones) is 1. The van der Waals surface area contributed by atoms with Gasteiger partial charge in [0, 0.05) is 5.57 Å². The number of fused-ring (bicyclic) bond motifs is 1. The third kappa shape index (κ3) is 4.61. The van der Waals surface area contributed by atoms with E-state index in [1.807, 2.05) is 13.8 Å². The van der Waals surface area contributed by atoms with Crippen molar-refractivity contribution in [3.05, 3.63) is 11.6 Å². The Kier molecular flexibility index (Phi) is 7.60. The molecule has 10 nitrogen and oxygen atoms in total. The molecule has 0 aromatic rings. The van der Waals surface area contributed by atoms with Crippen LogP contribution in [0.1, 0.15) is 65.7 Å². The molecule has 2 aliphatic heterocycles. The van der Waals surface area contributed by atoms with E-state index < -0.39 is 59.7 Å². The van der Waals surface area contributed by atoms with Gasteiger partial charge in [0.05, 0.1) is 17.6 Å². The topological polar surface area (TPSA) is 163 Å². The standard InChI is InChI=1S/C26H40O10/c1-24-9-4-10-25(2,23(32)36-22-20(30)19(29)18(28)15(13-27)35-22)16(24)7-11-26(3,33)17(24)6-5-14-8-12-34-21(14)31/h8,15-20,22,27-30,33H,4-7,9-13H2,1-3H3/t15-,16-,17-,18-,19+,20-,22+,24+,25+,26-/m1/s1. The lowest BCUT2D eigenvalue weighted by atomic mass is 9.44. The second-order valence-corrected chi connectivity index (χ2v) is 11.7. The predicted octanol–water partition coefficient (Wildman–Crippen LogP) is 0.567. The minimum atomic E-state index is -1.66. The second kappa shape index (κ2) is 9.96. The van der Waals surface area contributed by atoms with Crippen LogP contribution in [-0.4, -0.2) is 87.0 Å². The summed E-state index contributed by atoms with van der Waals surface area (Å²) in [5, 5.41) is 51.4. The molecule has 0 amide bonds. The van der Waals surface area contributed by atoms with Crippen molar-refractivity contribution in [1.82, 2.24) is 0 Å². The molecule has 0 bridgehead atoms. The Labute approximate surface area is 211 Å². The van der Waals surface area contributed by atoms with Crippen molar-refractivity contribution in [2.45, 2.75) is 102 Å². The maximum atomic E-state index is 13.6. The average Bonchev–Trinajstić information content (AvgIpc) is 3.22. The Morgan fingerprint density at radius 2 is 1.83 bits per heavy atom. The van der Waals surface area contributed by atoms with Crippen LogP contribution < -0.4 is 0 Å². The van der Waals surface area contributed by atoms with Gasteiger partial charge in [-0.05, 0) is 75.7 Å². The monoisotopic (exact) mass is 512 g/mol. The zero-order valence-electron chi connectivity index (χ0n) is 21.3. The summed E-state index contributed by atoms with van der Waals surface area (Å²) in [7, 11) is 0. The molecule has 204 valence electrons. The number of carbonyl (C=O) groups is 2. The van der Waals surface area contributed by atoms with E-state index in [9.17, 15) is 35.1 Å². The maximum absolute atomic E-state index is 13.6. The number of rotatable bonds is 6. The van der Waals surface area contributed by atoms with Gasteiger partial charge < -0.3 is 39.7 Å². The molecule has 2 heterocycles. The molecule has 5 N–H and O–H groups in total. The first-order valence-corrected chi connectivity index (χ1v) is 13.0. The zero-order chi connectivity index (χ0) is 26.5. The number of hydrogen-bond donors (Lipinski definition) is 5. The van der Waals surface area contributed by atoms with Crippen molar-refractivity contribution < 1.29 is 49.3 Å². The summed E-state index contributed by atoms with van der Waals surface area (Å²) < 4.78 is 16.0. The van der Waals surface area contributed by atoms with Crippen molar-refractivity contribution in [2.75, 3.05) is 13.2 Å². The Morgan fingerprint density at radius 1 is 1.11 bits per heavy atom. The lowest BCUT2D eigenvalue weighted by Crippen LogP contribution is -2.62. The van der Waals surface area contributed by atoms with E-state index in [0.717, 1.165) is 12.8 Å². The van der Waals surface area contributed by atoms with Gasteiger partial charge in [-0.3, -0.25) is 4.79 Å². The van der Waals surface area contributed by atoms with Crippen molar-refractivity contribution in [3.63, 3.8) is 0 Å². The summed E-state index contributed by atoms with van der Waals surface area (Å²) in [5.74, 6) is -1.20. The molecule has 4 aliphatic rings. The fourth-order valence-corrected chi connectivity index (χ4v) is 7.49. The molecule has 0 aromatic heterocycles. The summed E-state index contributed by atoms with van der Waals surface area (Å²) in [4.78, 5) is 25.6. The molecule has 10 atom stereocenters. The highest BCUT2D eigenvalue weighted by molar-refractivity contribution is 5.90. The average molecular weight is 513 g/mol. The van der Waals surface area contributed by atoms with Gasteiger partial charge in [-0.15, -0.1) is 0 Å². The minimum Gasteiger partial charge on any atom is -0.458 e. The van der Waals surface area contributed by atoms with E-state index >= 15 is 0 Å². The van der Waals surface area contributed by atoms with Crippen molar-refractivity contribution in [2.24, 2.45) is 22.7 Å². The first kappa shape index (κ1) is 27.5. The van der Waals surface area contributed by atoms with Crippen LogP contribution in [0.5, 0.6) is 0 Å². The van der Waals surface area contributed by atoms with E-state index in [1.165, 1.54) is 0 Å². The summed E-state index contributed by atoms with van der Waals surface area (Å²) in [5.41, 5.74) is -1.69. The molecular formula is C26H40O10. The van der Waals surface area contributed by atoms with Crippen LogP contribution in [0.2, 0.25) is 0 Å². The minimum absolute atomic E-state index is 0.133. The lowest BCUT2D eigenvalue weighted by Gasteiger charge is -2.61. The molecule has 1 saturated heterocycles. The number of esters is 2. The van der Waals surface area contributed by atoms with Gasteiger partial charge >= 0.3 is 11.9 Å². The van der Waals surface area contributed by atoms with Crippen molar-refractivity contribution in [1.29, 1.82) is 0 Å². The highest BCUT2D eigenvalue weighted by Gasteiger charge is 2.62. The van der Waals surface area contributed by atoms with Gasteiger partial charge in [0.2, 0.25) is 6.29 Å². The fraction of sp³-hybridized carbons (Fsp3) is 0.846. The summed E-state index contributed by atoms with van der Waals surface area (Å²) in [6.45, 7) is 5.44. The molecule has 2 saturated carbocycles. The third-order valence-electron chi connectivity index (χ3n) is 9.51. The molecule has 3 fully saturated rings. The molecular weight excluding hydrogens is 472 g/mol. The number of ether oxygens (including phenoxy) is 3. The molecule has 10 heteroatoms. The number of carbonyl (C=O) groups excluding carboxylic acids is 2. The number of hydrogen-bond acceptors (Lipinski definition) is 10. The van der Waals surface area contributed by atoms with Gasteiger partial charge in [0.25, 0.3) is 0 Å². The highest BCUT2D eigenvalue weighted by atomic mass is 16.7. The Hall–Kier alpha value is -1.56. The largest absolute Gasteiger partial charge is 0.458 e. The molecule has 2 aliphatic carbocycles. The van der Waals surface area contributed by atoms with E-state index in [-0.39, 0.29) is 24.4 Å². The molecule has 36 heavy (non-hydrogen) atoms. The van der Waals surface area contributed by atoms with E-state index in [2.05, 4.69) is 6.92 Å². The van der Waals surface area contributed by atoms with Gasteiger partial charge in [0.1, 0.15) is 31.0 Å². The normalized spacial score (nSPS) is 47.1. The first-order chi connectivity index (χ1) is 16.8. The predicted molar refractivity (Wildman–Crippen MR) is 125 cm³/mol. The molecule has 0 spiro atoms. The van der Waals surface area contributed by atoms with Crippen LogP contribution in [0.15, 0.2) is 11.6 Å². The second-order valence-electron chi connectivity index (χ2n) is 11.7. The van der Waals surface area contributed by atoms with Crippen LogP contribution in [0.3, 0.4) is 0 Å². The summed E-state index contributed by atoms with van der Waals surface area (Å²) in [6, 6.07) is 0. The molecule has 0 unspecified atom stereocenters. The fourth-order valence-electron chi connectivity index (χ4n) is 7.49. The molecule has 0 aromatic carbocycles. The van der Waals surface area contributed by atoms with Gasteiger partial charge in [0.15, 0.2) is 0 Å². The Morgan fingerprint density at radius 3 is 2.47 bits per heavy atom. The summed E-state index contributed by atoms with van der Waals surface area (Å²) in [6.07, 6.45) is -1.50. The SMILES string of the molecule is C[C@]12CCC[C@](C)(C(=O)O[C@@H]3O[C@H](CO)[C@@H](O)[C@H](O)[C@H]3O)[C@@H]1CC[C@@](C)(O)[C@@H]2CCC1=CCOC1=O. The van der Waals surface area contributed by atoms with Crippen LogP contribution in [0.25, 0.3) is 0 Å². The van der Waals surface area contributed by atoms with E-state index in [1.54, 1.807) is 6.08 Å². The quantitative estimate of drug-likeness (QED) is 0.318. The van der Waals surface area contributed by atoms with Gasteiger partial charge in [-0.2, -0.15) is 0 Å². The maximum Gasteiger partial charge on any atom is 0.334 e. The van der Waals surface area contributed by atoms with Crippen LogP contribution in [0, 0.1) is 22.7 Å². The van der Waals surface area contributed by atoms with E-state index in [0.29, 0.717) is 37.7 Å².